The van der Waals surface area contributed by atoms with Crippen LogP contribution < -0.4 is 21.1 Å². The highest BCUT2D eigenvalue weighted by atomic mass is 16.5. The quantitative estimate of drug-likeness (QED) is 0.318. The predicted octanol–water partition coefficient (Wildman–Crippen LogP) is 6.22. The van der Waals surface area contributed by atoms with E-state index in [1.165, 1.54) is 16.8 Å². The molecule has 0 saturated heterocycles. The van der Waals surface area contributed by atoms with Gasteiger partial charge in [-0.05, 0) is 67.5 Å². The largest absolute Gasteiger partial charge is 0.489 e. The number of anilines is 1. The molecule has 5 rings (SSSR count). The molecule has 0 spiro atoms. The van der Waals surface area contributed by atoms with Gasteiger partial charge in [0, 0.05) is 73.0 Å². The maximum absolute atomic E-state index is 13.7. The van der Waals surface area contributed by atoms with Gasteiger partial charge in [0.05, 0.1) is 0 Å². The second kappa shape index (κ2) is 12.3. The van der Waals surface area contributed by atoms with Gasteiger partial charge in [0.1, 0.15) is 11.9 Å². The van der Waals surface area contributed by atoms with Gasteiger partial charge < -0.3 is 21.1 Å². The molecule has 4 atom stereocenters. The number of nitrogens with two attached hydrogens (primary N) is 1. The Morgan fingerprint density at radius 3 is 2.52 bits per heavy atom. The number of aryl methyl sites for hydroxylation is 1. The van der Waals surface area contributed by atoms with E-state index >= 15 is 0 Å². The Morgan fingerprint density at radius 2 is 1.80 bits per heavy atom. The molecule has 4 N–H and O–H groups in total. The van der Waals surface area contributed by atoms with Crippen LogP contribution in [0.5, 0.6) is 5.75 Å². The fraction of sp³-hybridized carbons (Fsp3) is 0.412. The van der Waals surface area contributed by atoms with E-state index < -0.39 is 0 Å². The lowest BCUT2D eigenvalue weighted by molar-refractivity contribution is 0.0824. The van der Waals surface area contributed by atoms with Gasteiger partial charge in [0.25, 0.3) is 5.91 Å². The number of nitrogens with one attached hydrogen (secondary N) is 2. The summed E-state index contributed by atoms with van der Waals surface area (Å²) in [5, 5.41) is 6.65. The molecule has 1 heterocycles. The van der Waals surface area contributed by atoms with Crippen LogP contribution in [0.1, 0.15) is 77.7 Å². The number of ether oxygens (including phenoxy) is 1. The molecule has 6 nitrogen and oxygen atoms in total. The minimum Gasteiger partial charge on any atom is -0.489 e. The number of carbonyl (C=O) groups excluding carboxylic acids is 1. The van der Waals surface area contributed by atoms with Crippen molar-refractivity contribution >= 4 is 17.3 Å². The smallest absolute Gasteiger partial charge is 0.251 e. The molecule has 0 aromatic heterocycles. The normalized spacial score (nSPS) is 22.7. The van der Waals surface area contributed by atoms with Crippen molar-refractivity contribution in [2.45, 2.75) is 65.6 Å². The van der Waals surface area contributed by atoms with Crippen molar-refractivity contribution in [3.63, 3.8) is 0 Å². The number of nitrogens with zero attached hydrogens (tertiary/aromatic N) is 1. The lowest BCUT2D eigenvalue weighted by atomic mass is 9.66. The van der Waals surface area contributed by atoms with Crippen molar-refractivity contribution in [1.29, 1.82) is 0 Å². The summed E-state index contributed by atoms with van der Waals surface area (Å²) in [6.45, 7) is 11.2. The van der Waals surface area contributed by atoms with Crippen molar-refractivity contribution in [1.82, 2.24) is 5.32 Å². The molecular weight excluding hydrogens is 496 g/mol. The number of hydrogen-bond acceptors (Lipinski definition) is 5. The molecule has 0 bridgehead atoms. The second-order valence-electron chi connectivity index (χ2n) is 11.1. The second-order valence-corrected chi connectivity index (χ2v) is 11.1. The summed E-state index contributed by atoms with van der Waals surface area (Å²) in [5.74, 6) is 1.54. The molecule has 4 unspecified atom stereocenters. The number of benzene rings is 3. The molecule has 1 amide bonds. The highest BCUT2D eigenvalue weighted by Crippen LogP contribution is 2.51. The number of amides is 1. The van der Waals surface area contributed by atoms with Crippen LogP contribution in [-0.4, -0.2) is 30.8 Å². The Hall–Kier alpha value is -3.64. The van der Waals surface area contributed by atoms with Gasteiger partial charge in [-0.1, -0.05) is 49.4 Å². The molecule has 1 saturated carbocycles. The van der Waals surface area contributed by atoms with E-state index in [1.807, 2.05) is 36.4 Å². The van der Waals surface area contributed by atoms with Crippen LogP contribution in [-0.2, 0) is 13.1 Å². The predicted molar refractivity (Wildman–Crippen MR) is 163 cm³/mol. The molecule has 2 aliphatic rings. The van der Waals surface area contributed by atoms with Crippen molar-refractivity contribution in [2.24, 2.45) is 22.6 Å². The lowest BCUT2D eigenvalue weighted by Crippen LogP contribution is -2.44. The zero-order valence-electron chi connectivity index (χ0n) is 24.2. The van der Waals surface area contributed by atoms with Gasteiger partial charge in [-0.15, -0.1) is 0 Å². The number of carbonyl (C=O) groups is 1. The van der Waals surface area contributed by atoms with Gasteiger partial charge in [-0.25, -0.2) is 0 Å². The first-order chi connectivity index (χ1) is 19.4. The fourth-order valence-corrected chi connectivity index (χ4v) is 6.43. The van der Waals surface area contributed by atoms with Crippen LogP contribution >= 0.6 is 0 Å². The highest BCUT2D eigenvalue weighted by Gasteiger charge is 2.45. The number of fused-ring (bicyclic) bond motifs is 2. The summed E-state index contributed by atoms with van der Waals surface area (Å²) in [5.41, 5.74) is 14.4. The summed E-state index contributed by atoms with van der Waals surface area (Å²) >= 11 is 0. The van der Waals surface area contributed by atoms with E-state index in [1.54, 1.807) is 0 Å². The van der Waals surface area contributed by atoms with Gasteiger partial charge in [0.15, 0.2) is 0 Å². The first-order valence-corrected chi connectivity index (χ1v) is 14.7. The van der Waals surface area contributed by atoms with E-state index in [-0.39, 0.29) is 23.8 Å². The Kier molecular flexibility index (Phi) is 8.55. The van der Waals surface area contributed by atoms with Crippen molar-refractivity contribution < 1.29 is 9.53 Å². The molecule has 1 aliphatic heterocycles. The van der Waals surface area contributed by atoms with Crippen LogP contribution in [0, 0.1) is 18.8 Å². The third-order valence-corrected chi connectivity index (χ3v) is 8.46. The minimum atomic E-state index is -0.0545. The van der Waals surface area contributed by atoms with Gasteiger partial charge in [-0.3, -0.25) is 9.79 Å². The molecular formula is C34H42N4O2. The van der Waals surface area contributed by atoms with E-state index in [0.29, 0.717) is 19.0 Å². The Bertz CT molecular complexity index is 1380. The Balaban J connectivity index is 1.52. The van der Waals surface area contributed by atoms with Crippen LogP contribution in [0.25, 0.3) is 0 Å². The SMILES string of the molecule is CCN=C1CC2Oc3cc(NCC)c(C)cc3C(c3ccccc3C(=O)NCc3ccc(CN)cc3)C2CC1C. The molecule has 210 valence electrons. The standard InChI is InChI=1S/C34H42N4O2/c1-5-36-29-17-31-27(15-21(29)3)33(28-16-22(4)30(37-6-2)18-32(28)40-31)25-9-7-8-10-26(25)34(39)38-20-24-13-11-23(19-35)12-14-24/h7-15,17,22,28,32-33,36H,5-6,16,18-20,35H2,1-4H3,(H,38,39). The monoisotopic (exact) mass is 538 g/mol. The number of hydrogen-bond donors (Lipinski definition) is 3. The zero-order valence-corrected chi connectivity index (χ0v) is 24.2. The van der Waals surface area contributed by atoms with E-state index in [9.17, 15) is 4.79 Å². The van der Waals surface area contributed by atoms with Crippen LogP contribution in [0.15, 0.2) is 65.7 Å². The first-order valence-electron chi connectivity index (χ1n) is 14.7. The third kappa shape index (κ3) is 5.64. The minimum absolute atomic E-state index is 0.0216. The molecule has 1 aliphatic carbocycles. The van der Waals surface area contributed by atoms with Gasteiger partial charge >= 0.3 is 0 Å². The van der Waals surface area contributed by atoms with Gasteiger partial charge in [-0.2, -0.15) is 0 Å². The van der Waals surface area contributed by atoms with E-state index in [4.69, 9.17) is 15.5 Å². The molecule has 1 fully saturated rings. The molecule has 3 aromatic carbocycles. The summed E-state index contributed by atoms with van der Waals surface area (Å²) in [7, 11) is 0. The molecule has 6 heteroatoms. The fourth-order valence-electron chi connectivity index (χ4n) is 6.43. The first kappa shape index (κ1) is 27.9. The van der Waals surface area contributed by atoms with Crippen LogP contribution in [0.2, 0.25) is 0 Å². The molecule has 3 aromatic rings. The maximum Gasteiger partial charge on any atom is 0.251 e. The average Bonchev–Trinajstić information content (AvgIpc) is 2.96. The number of aliphatic imine (C=N–C) groups is 1. The van der Waals surface area contributed by atoms with E-state index in [2.05, 4.69) is 62.6 Å². The van der Waals surface area contributed by atoms with Gasteiger partial charge in [0.2, 0.25) is 0 Å². The maximum atomic E-state index is 13.7. The Morgan fingerprint density at radius 1 is 1.05 bits per heavy atom. The topological polar surface area (TPSA) is 88.7 Å². The van der Waals surface area contributed by atoms with Crippen LogP contribution in [0.4, 0.5) is 5.69 Å². The van der Waals surface area contributed by atoms with E-state index in [0.717, 1.165) is 59.6 Å². The van der Waals surface area contributed by atoms with Crippen molar-refractivity contribution in [2.75, 3.05) is 18.4 Å². The highest BCUT2D eigenvalue weighted by molar-refractivity contribution is 5.96. The summed E-state index contributed by atoms with van der Waals surface area (Å²) in [4.78, 5) is 18.5. The number of rotatable bonds is 8. The van der Waals surface area contributed by atoms with Crippen molar-refractivity contribution in [3.8, 4) is 5.75 Å². The third-order valence-electron chi connectivity index (χ3n) is 8.46. The molecule has 0 radical (unpaired) electrons. The summed E-state index contributed by atoms with van der Waals surface area (Å²) in [6.07, 6.45) is 1.83. The van der Waals surface area contributed by atoms with Crippen molar-refractivity contribution in [3.05, 3.63) is 94.0 Å². The lowest BCUT2D eigenvalue weighted by Gasteiger charge is -2.45. The average molecular weight is 539 g/mol. The van der Waals surface area contributed by atoms with Crippen LogP contribution in [0.3, 0.4) is 0 Å². The summed E-state index contributed by atoms with van der Waals surface area (Å²) < 4.78 is 6.75. The molecule has 40 heavy (non-hydrogen) atoms. The zero-order chi connectivity index (χ0) is 28.2. The Labute approximate surface area is 238 Å². The summed E-state index contributed by atoms with van der Waals surface area (Å²) in [6, 6.07) is 20.6.